The third-order valence-corrected chi connectivity index (χ3v) is 4.57. The van der Waals surface area contributed by atoms with Crippen molar-refractivity contribution in [1.29, 1.82) is 0 Å². The van der Waals surface area contributed by atoms with Crippen LogP contribution in [0.1, 0.15) is 84.3 Å². The average Bonchev–Trinajstić information content (AvgIpc) is 2.59. The molecule has 0 unspecified atom stereocenters. The van der Waals surface area contributed by atoms with E-state index in [1.165, 1.54) is 67.5 Å². The molecule has 0 N–H and O–H groups in total. The summed E-state index contributed by atoms with van der Waals surface area (Å²) in [6, 6.07) is 4.14. The fourth-order valence-corrected chi connectivity index (χ4v) is 3.05. The standard InChI is InChI=1S/C23H31FN2O/c1-23(2,3)16-12-10-8-6-4-5-7-9-11-13-20-17-22(27)26-18-19(24)14-15-21(26)25-20/h14-15,17-18H,4-10,12,16H2,1-3H3. The van der Waals surface area contributed by atoms with Crippen molar-refractivity contribution in [3.8, 4) is 11.8 Å². The third-order valence-electron chi connectivity index (χ3n) is 4.57. The molecule has 0 aliphatic rings. The predicted molar refractivity (Wildman–Crippen MR) is 109 cm³/mol. The van der Waals surface area contributed by atoms with Crippen molar-refractivity contribution in [2.24, 2.45) is 5.41 Å². The van der Waals surface area contributed by atoms with Crippen molar-refractivity contribution in [3.05, 3.63) is 46.3 Å². The Morgan fingerprint density at radius 3 is 2.41 bits per heavy atom. The lowest BCUT2D eigenvalue weighted by atomic mass is 9.89. The first-order valence-corrected chi connectivity index (χ1v) is 10.0. The van der Waals surface area contributed by atoms with Crippen molar-refractivity contribution in [2.75, 3.05) is 0 Å². The van der Waals surface area contributed by atoms with Gasteiger partial charge < -0.3 is 0 Å². The molecule has 2 aromatic rings. The Morgan fingerprint density at radius 1 is 1.04 bits per heavy atom. The van der Waals surface area contributed by atoms with Crippen molar-refractivity contribution >= 4 is 5.65 Å². The van der Waals surface area contributed by atoms with Gasteiger partial charge >= 0.3 is 0 Å². The first kappa shape index (κ1) is 21.2. The van der Waals surface area contributed by atoms with Gasteiger partial charge in [-0.05, 0) is 36.3 Å². The van der Waals surface area contributed by atoms with Gasteiger partial charge in [-0.1, -0.05) is 65.2 Å². The molecule has 0 aromatic carbocycles. The summed E-state index contributed by atoms with van der Waals surface area (Å²) >= 11 is 0. The number of nitrogens with zero attached hydrogens (tertiary/aromatic N) is 2. The van der Waals surface area contributed by atoms with Crippen LogP contribution in [-0.2, 0) is 0 Å². The highest BCUT2D eigenvalue weighted by molar-refractivity contribution is 5.42. The van der Waals surface area contributed by atoms with Crippen LogP contribution in [0.4, 0.5) is 4.39 Å². The summed E-state index contributed by atoms with van der Waals surface area (Å²) in [7, 11) is 0. The molecule has 2 heterocycles. The first-order chi connectivity index (χ1) is 12.8. The van der Waals surface area contributed by atoms with Gasteiger partial charge in [-0.2, -0.15) is 0 Å². The fourth-order valence-electron chi connectivity index (χ4n) is 3.05. The third kappa shape index (κ3) is 7.95. The van der Waals surface area contributed by atoms with E-state index in [2.05, 4.69) is 37.6 Å². The molecule has 0 aliphatic carbocycles. The molecule has 27 heavy (non-hydrogen) atoms. The van der Waals surface area contributed by atoms with Gasteiger partial charge in [-0.15, -0.1) is 0 Å². The van der Waals surface area contributed by atoms with E-state index in [0.29, 0.717) is 16.8 Å². The molecule has 0 fully saturated rings. The molecule has 146 valence electrons. The van der Waals surface area contributed by atoms with Crippen LogP contribution in [0.2, 0.25) is 0 Å². The maximum Gasteiger partial charge on any atom is 0.259 e. The fraction of sp³-hybridized carbons (Fsp3) is 0.565. The van der Waals surface area contributed by atoms with Gasteiger partial charge in [0.15, 0.2) is 0 Å². The van der Waals surface area contributed by atoms with Crippen LogP contribution in [0.5, 0.6) is 0 Å². The van der Waals surface area contributed by atoms with Gasteiger partial charge in [-0.3, -0.25) is 9.20 Å². The molecule has 0 saturated heterocycles. The van der Waals surface area contributed by atoms with E-state index in [-0.39, 0.29) is 5.56 Å². The molecule has 0 radical (unpaired) electrons. The SMILES string of the molecule is CC(C)(C)CCCCCCCCCC#Cc1cc(=O)n2cc(F)ccc2n1. The number of halogens is 1. The predicted octanol–water partition coefficient (Wildman–Crippen LogP) is 5.74. The van der Waals surface area contributed by atoms with Gasteiger partial charge in [0.25, 0.3) is 5.56 Å². The Bertz CT molecular complexity index is 853. The lowest BCUT2D eigenvalue weighted by Crippen LogP contribution is -2.14. The van der Waals surface area contributed by atoms with E-state index >= 15 is 0 Å². The van der Waals surface area contributed by atoms with Gasteiger partial charge in [0.05, 0.1) is 0 Å². The second-order valence-corrected chi connectivity index (χ2v) is 8.39. The Balaban J connectivity index is 1.66. The van der Waals surface area contributed by atoms with Crippen LogP contribution in [0.3, 0.4) is 0 Å². The number of hydrogen-bond acceptors (Lipinski definition) is 2. The molecule has 0 bridgehead atoms. The molecule has 0 saturated carbocycles. The number of fused-ring (bicyclic) bond motifs is 1. The molecule has 2 aromatic heterocycles. The number of unbranched alkanes of at least 4 members (excludes halogenated alkanes) is 7. The minimum atomic E-state index is -0.459. The first-order valence-electron chi connectivity index (χ1n) is 10.0. The number of hydrogen-bond donors (Lipinski definition) is 0. The van der Waals surface area contributed by atoms with Crippen LogP contribution in [0, 0.1) is 23.1 Å². The Labute approximate surface area is 162 Å². The average molecular weight is 371 g/mol. The molecule has 0 spiro atoms. The van der Waals surface area contributed by atoms with Crippen LogP contribution < -0.4 is 5.56 Å². The van der Waals surface area contributed by atoms with Gasteiger partial charge in [0, 0.05) is 18.7 Å². The number of aromatic nitrogens is 2. The topological polar surface area (TPSA) is 34.4 Å². The molecule has 0 atom stereocenters. The van der Waals surface area contributed by atoms with E-state index in [1.807, 2.05) is 0 Å². The summed E-state index contributed by atoms with van der Waals surface area (Å²) in [5, 5.41) is 0. The van der Waals surface area contributed by atoms with Crippen LogP contribution in [0.25, 0.3) is 5.65 Å². The molecular formula is C23H31FN2O. The van der Waals surface area contributed by atoms with Crippen LogP contribution >= 0.6 is 0 Å². The molecular weight excluding hydrogens is 339 g/mol. The maximum atomic E-state index is 13.2. The largest absolute Gasteiger partial charge is 0.269 e. The molecule has 4 heteroatoms. The lowest BCUT2D eigenvalue weighted by Gasteiger charge is -2.17. The highest BCUT2D eigenvalue weighted by atomic mass is 19.1. The second-order valence-electron chi connectivity index (χ2n) is 8.39. The molecule has 3 nitrogen and oxygen atoms in total. The minimum Gasteiger partial charge on any atom is -0.269 e. The highest BCUT2D eigenvalue weighted by Gasteiger charge is 2.08. The van der Waals surface area contributed by atoms with E-state index in [1.54, 1.807) is 0 Å². The quantitative estimate of drug-likeness (QED) is 0.438. The van der Waals surface area contributed by atoms with Crippen LogP contribution in [-0.4, -0.2) is 9.38 Å². The number of pyridine rings is 1. The number of rotatable bonds is 8. The van der Waals surface area contributed by atoms with Crippen molar-refractivity contribution in [3.63, 3.8) is 0 Å². The van der Waals surface area contributed by atoms with Crippen LogP contribution in [0.15, 0.2) is 29.2 Å². The zero-order valence-electron chi connectivity index (χ0n) is 16.9. The summed E-state index contributed by atoms with van der Waals surface area (Å²) in [4.78, 5) is 16.3. The van der Waals surface area contributed by atoms with Crippen molar-refractivity contribution in [1.82, 2.24) is 9.38 Å². The van der Waals surface area contributed by atoms with Gasteiger partial charge in [-0.25, -0.2) is 9.37 Å². The Morgan fingerprint density at radius 2 is 1.70 bits per heavy atom. The normalized spacial score (nSPS) is 11.4. The zero-order chi connectivity index (χ0) is 19.7. The van der Waals surface area contributed by atoms with Crippen molar-refractivity contribution in [2.45, 2.75) is 78.6 Å². The highest BCUT2D eigenvalue weighted by Crippen LogP contribution is 2.22. The Kier molecular flexibility index (Phi) is 8.03. The summed E-state index contributed by atoms with van der Waals surface area (Å²) in [6.45, 7) is 6.91. The minimum absolute atomic E-state index is 0.310. The van der Waals surface area contributed by atoms with E-state index in [0.717, 1.165) is 19.0 Å². The van der Waals surface area contributed by atoms with E-state index in [4.69, 9.17) is 0 Å². The second kappa shape index (κ2) is 10.3. The van der Waals surface area contributed by atoms with Gasteiger partial charge in [0.2, 0.25) is 0 Å². The monoisotopic (exact) mass is 370 g/mol. The van der Waals surface area contributed by atoms with E-state index in [9.17, 15) is 9.18 Å². The molecule has 0 amide bonds. The van der Waals surface area contributed by atoms with Gasteiger partial charge in [0.1, 0.15) is 17.2 Å². The zero-order valence-corrected chi connectivity index (χ0v) is 16.9. The summed E-state index contributed by atoms with van der Waals surface area (Å²) in [5.41, 5.74) is 1.01. The summed E-state index contributed by atoms with van der Waals surface area (Å²) < 4.78 is 14.4. The Hall–Kier alpha value is -2.15. The lowest BCUT2D eigenvalue weighted by molar-refractivity contribution is 0.356. The maximum absolute atomic E-state index is 13.2. The molecule has 0 aliphatic heterocycles. The summed E-state index contributed by atoms with van der Waals surface area (Å²) in [5.74, 6) is 5.60. The van der Waals surface area contributed by atoms with Crippen molar-refractivity contribution < 1.29 is 4.39 Å². The molecule has 2 rings (SSSR count). The summed E-state index contributed by atoms with van der Waals surface area (Å²) in [6.07, 6.45) is 12.1. The van der Waals surface area contributed by atoms with E-state index < -0.39 is 5.82 Å². The smallest absolute Gasteiger partial charge is 0.259 e.